The molecule has 1 amide bonds. The van der Waals surface area contributed by atoms with Crippen molar-refractivity contribution in [1.29, 1.82) is 5.26 Å². The third kappa shape index (κ3) is 4.09. The third-order valence-electron chi connectivity index (χ3n) is 3.17. The number of nitrogens with one attached hydrogen (secondary N) is 1. The molecule has 0 aliphatic carbocycles. The molecular formula is C17H15ClN2O4. The number of amides is 1. The number of nitriles is 1. The van der Waals surface area contributed by atoms with Crippen LogP contribution in [0.3, 0.4) is 0 Å². The standard InChI is InChI=1S/C17H15ClN2O4/c1-22-15-7-11(14(18)8-16(15)23-2)6-12(9-19)17(21)20-10-13-4-3-5-24-13/h3-8H,10H2,1-2H3,(H,20,21)/b12-6+. The van der Waals surface area contributed by atoms with Crippen LogP contribution in [-0.2, 0) is 11.3 Å². The van der Waals surface area contributed by atoms with Gasteiger partial charge in [0.15, 0.2) is 11.5 Å². The Balaban J connectivity index is 2.23. The van der Waals surface area contributed by atoms with Gasteiger partial charge in [0, 0.05) is 6.07 Å². The number of hydrogen-bond donors (Lipinski definition) is 1. The van der Waals surface area contributed by atoms with Gasteiger partial charge < -0.3 is 19.2 Å². The second-order valence-electron chi connectivity index (χ2n) is 4.66. The zero-order valence-electron chi connectivity index (χ0n) is 13.1. The highest BCUT2D eigenvalue weighted by molar-refractivity contribution is 6.32. The Morgan fingerprint density at radius 1 is 1.38 bits per heavy atom. The second kappa shape index (κ2) is 8.09. The minimum atomic E-state index is -0.528. The highest BCUT2D eigenvalue weighted by atomic mass is 35.5. The molecule has 0 aliphatic rings. The number of ether oxygens (including phenoxy) is 2. The zero-order valence-corrected chi connectivity index (χ0v) is 13.9. The number of furan rings is 1. The normalized spacial score (nSPS) is 10.8. The summed E-state index contributed by atoms with van der Waals surface area (Å²) in [7, 11) is 2.98. The van der Waals surface area contributed by atoms with Crippen LogP contribution in [0, 0.1) is 11.3 Å². The van der Waals surface area contributed by atoms with E-state index in [-0.39, 0.29) is 12.1 Å². The molecule has 1 aromatic carbocycles. The number of nitrogens with zero attached hydrogens (tertiary/aromatic N) is 1. The minimum Gasteiger partial charge on any atom is -0.493 e. The van der Waals surface area contributed by atoms with E-state index in [4.69, 9.17) is 25.5 Å². The van der Waals surface area contributed by atoms with Crippen LogP contribution in [0.15, 0.2) is 40.5 Å². The van der Waals surface area contributed by atoms with Crippen molar-refractivity contribution in [3.05, 3.63) is 52.4 Å². The molecule has 0 saturated carbocycles. The first-order valence-corrected chi connectivity index (χ1v) is 7.30. The van der Waals surface area contributed by atoms with Crippen LogP contribution in [0.2, 0.25) is 5.02 Å². The van der Waals surface area contributed by atoms with E-state index in [1.807, 2.05) is 6.07 Å². The van der Waals surface area contributed by atoms with Crippen LogP contribution in [0.1, 0.15) is 11.3 Å². The molecule has 24 heavy (non-hydrogen) atoms. The van der Waals surface area contributed by atoms with Gasteiger partial charge in [0.25, 0.3) is 5.91 Å². The van der Waals surface area contributed by atoms with Crippen LogP contribution >= 0.6 is 11.6 Å². The summed E-state index contributed by atoms with van der Waals surface area (Å²) in [4.78, 5) is 12.1. The lowest BCUT2D eigenvalue weighted by Gasteiger charge is -2.10. The SMILES string of the molecule is COc1cc(Cl)c(/C=C(\C#N)C(=O)NCc2ccco2)cc1OC. The van der Waals surface area contributed by atoms with E-state index in [9.17, 15) is 10.1 Å². The van der Waals surface area contributed by atoms with Crippen LogP contribution in [0.4, 0.5) is 0 Å². The van der Waals surface area contributed by atoms with Crippen molar-refractivity contribution in [2.24, 2.45) is 0 Å². The van der Waals surface area contributed by atoms with Crippen LogP contribution in [0.5, 0.6) is 11.5 Å². The molecule has 0 radical (unpaired) electrons. The van der Waals surface area contributed by atoms with Gasteiger partial charge in [0.1, 0.15) is 17.4 Å². The largest absolute Gasteiger partial charge is 0.493 e. The maximum atomic E-state index is 12.1. The zero-order chi connectivity index (χ0) is 17.5. The van der Waals surface area contributed by atoms with E-state index in [0.717, 1.165) is 0 Å². The number of carbonyl (C=O) groups excluding carboxylic acids is 1. The van der Waals surface area contributed by atoms with Gasteiger partial charge in [0.05, 0.1) is 32.1 Å². The molecule has 1 N–H and O–H groups in total. The van der Waals surface area contributed by atoms with E-state index in [1.165, 1.54) is 26.6 Å². The Morgan fingerprint density at radius 2 is 2.08 bits per heavy atom. The molecule has 0 bridgehead atoms. The van der Waals surface area contributed by atoms with Gasteiger partial charge >= 0.3 is 0 Å². The topological polar surface area (TPSA) is 84.5 Å². The number of hydrogen-bond acceptors (Lipinski definition) is 5. The summed E-state index contributed by atoms with van der Waals surface area (Å²) < 4.78 is 15.5. The number of halogens is 1. The summed E-state index contributed by atoms with van der Waals surface area (Å²) >= 11 is 6.16. The van der Waals surface area contributed by atoms with Crippen LogP contribution in [-0.4, -0.2) is 20.1 Å². The molecule has 0 aliphatic heterocycles. The van der Waals surface area contributed by atoms with E-state index < -0.39 is 5.91 Å². The Kier molecular flexibility index (Phi) is 5.88. The Morgan fingerprint density at radius 3 is 2.67 bits per heavy atom. The monoisotopic (exact) mass is 346 g/mol. The molecule has 0 unspecified atom stereocenters. The van der Waals surface area contributed by atoms with Crippen molar-refractivity contribution in [3.63, 3.8) is 0 Å². The average Bonchev–Trinajstić information content (AvgIpc) is 3.11. The fraction of sp³-hybridized carbons (Fsp3) is 0.176. The Labute approximate surface area is 144 Å². The van der Waals surface area contributed by atoms with Crippen molar-refractivity contribution in [2.75, 3.05) is 14.2 Å². The first kappa shape index (κ1) is 17.4. The fourth-order valence-corrected chi connectivity index (χ4v) is 2.17. The van der Waals surface area contributed by atoms with Crippen molar-refractivity contribution < 1.29 is 18.7 Å². The van der Waals surface area contributed by atoms with Crippen LogP contribution < -0.4 is 14.8 Å². The van der Waals surface area contributed by atoms with E-state index in [1.54, 1.807) is 24.3 Å². The van der Waals surface area contributed by atoms with Gasteiger partial charge in [0.2, 0.25) is 0 Å². The molecule has 0 spiro atoms. The van der Waals surface area contributed by atoms with E-state index >= 15 is 0 Å². The van der Waals surface area contributed by atoms with Crippen LogP contribution in [0.25, 0.3) is 6.08 Å². The molecule has 1 heterocycles. The molecule has 0 fully saturated rings. The van der Waals surface area contributed by atoms with E-state index in [0.29, 0.717) is 27.8 Å². The molecule has 0 saturated heterocycles. The molecular weight excluding hydrogens is 332 g/mol. The molecule has 6 nitrogen and oxygen atoms in total. The Hall–Kier alpha value is -2.91. The van der Waals surface area contributed by atoms with Crippen molar-refractivity contribution >= 4 is 23.6 Å². The molecule has 2 rings (SSSR count). The maximum absolute atomic E-state index is 12.1. The van der Waals surface area contributed by atoms with Gasteiger partial charge in [-0.15, -0.1) is 0 Å². The lowest BCUT2D eigenvalue weighted by molar-refractivity contribution is -0.117. The molecule has 124 valence electrons. The fourth-order valence-electron chi connectivity index (χ4n) is 1.96. The molecule has 2 aromatic rings. The summed E-state index contributed by atoms with van der Waals surface area (Å²) in [5, 5.41) is 12.2. The van der Waals surface area contributed by atoms with Crippen molar-refractivity contribution in [3.8, 4) is 17.6 Å². The summed E-state index contributed by atoms with van der Waals surface area (Å²) in [6, 6.07) is 8.45. The summed E-state index contributed by atoms with van der Waals surface area (Å²) in [5.41, 5.74) is 0.384. The average molecular weight is 347 g/mol. The smallest absolute Gasteiger partial charge is 0.262 e. The summed E-state index contributed by atoms with van der Waals surface area (Å²) in [6.07, 6.45) is 2.90. The summed E-state index contributed by atoms with van der Waals surface area (Å²) in [5.74, 6) is 0.964. The van der Waals surface area contributed by atoms with Crippen molar-refractivity contribution in [1.82, 2.24) is 5.32 Å². The predicted molar refractivity (Wildman–Crippen MR) is 88.7 cm³/mol. The van der Waals surface area contributed by atoms with Gasteiger partial charge in [-0.1, -0.05) is 11.6 Å². The number of methoxy groups -OCH3 is 2. The first-order valence-electron chi connectivity index (χ1n) is 6.93. The van der Waals surface area contributed by atoms with Gasteiger partial charge in [-0.05, 0) is 29.8 Å². The molecule has 1 aromatic heterocycles. The highest BCUT2D eigenvalue weighted by Crippen LogP contribution is 2.34. The Bertz CT molecular complexity index is 792. The molecule has 7 heteroatoms. The number of carbonyl (C=O) groups is 1. The van der Waals surface area contributed by atoms with Gasteiger partial charge in [-0.3, -0.25) is 4.79 Å². The third-order valence-corrected chi connectivity index (χ3v) is 3.50. The maximum Gasteiger partial charge on any atom is 0.262 e. The highest BCUT2D eigenvalue weighted by Gasteiger charge is 2.13. The van der Waals surface area contributed by atoms with Gasteiger partial charge in [-0.25, -0.2) is 0 Å². The van der Waals surface area contributed by atoms with E-state index in [2.05, 4.69) is 5.32 Å². The first-order chi connectivity index (χ1) is 11.6. The summed E-state index contributed by atoms with van der Waals surface area (Å²) in [6.45, 7) is 0.185. The predicted octanol–water partition coefficient (Wildman–Crippen LogP) is 3.17. The minimum absolute atomic E-state index is 0.0873. The van der Waals surface area contributed by atoms with Gasteiger partial charge in [-0.2, -0.15) is 5.26 Å². The van der Waals surface area contributed by atoms with Crippen molar-refractivity contribution in [2.45, 2.75) is 6.54 Å². The lowest BCUT2D eigenvalue weighted by Crippen LogP contribution is -2.23. The quantitative estimate of drug-likeness (QED) is 0.641. The number of benzene rings is 1. The number of rotatable bonds is 6. The lowest BCUT2D eigenvalue weighted by atomic mass is 10.1. The molecule has 0 atom stereocenters. The second-order valence-corrected chi connectivity index (χ2v) is 5.07.